The number of ether oxygens (including phenoxy) is 1. The van der Waals surface area contributed by atoms with Crippen molar-refractivity contribution in [3.05, 3.63) is 70.4 Å². The van der Waals surface area contributed by atoms with E-state index in [9.17, 15) is 9.59 Å². The summed E-state index contributed by atoms with van der Waals surface area (Å²) in [6, 6.07) is 14.2. The highest BCUT2D eigenvalue weighted by Crippen LogP contribution is 2.34. The molecule has 1 amide bonds. The summed E-state index contributed by atoms with van der Waals surface area (Å²) < 4.78 is 5.06. The number of benzene rings is 2. The van der Waals surface area contributed by atoms with Crippen molar-refractivity contribution in [1.82, 2.24) is 10.2 Å². The van der Waals surface area contributed by atoms with Gasteiger partial charge in [0.25, 0.3) is 5.91 Å². The molecule has 27 heavy (non-hydrogen) atoms. The molecular formula is C20H18ClN3O3. The summed E-state index contributed by atoms with van der Waals surface area (Å²) in [5, 5.41) is 10.1. The molecule has 0 aliphatic rings. The van der Waals surface area contributed by atoms with Crippen LogP contribution in [0, 0.1) is 6.92 Å². The summed E-state index contributed by atoms with van der Waals surface area (Å²) >= 11 is 6.27. The van der Waals surface area contributed by atoms with E-state index in [0.717, 1.165) is 5.56 Å². The Hall–Kier alpha value is -3.12. The van der Waals surface area contributed by atoms with Gasteiger partial charge in [-0.2, -0.15) is 5.10 Å². The number of nitrogens with one attached hydrogen (secondary N) is 2. The lowest BCUT2D eigenvalue weighted by molar-refractivity contribution is 0.0520. The highest BCUT2D eigenvalue weighted by molar-refractivity contribution is 6.33. The molecule has 0 saturated carbocycles. The minimum Gasteiger partial charge on any atom is -0.461 e. The van der Waals surface area contributed by atoms with Gasteiger partial charge in [-0.3, -0.25) is 9.89 Å². The molecule has 0 aliphatic carbocycles. The molecule has 2 N–H and O–H groups in total. The van der Waals surface area contributed by atoms with Gasteiger partial charge in [0.2, 0.25) is 0 Å². The largest absolute Gasteiger partial charge is 0.461 e. The second kappa shape index (κ2) is 8.05. The maximum absolute atomic E-state index is 12.7. The van der Waals surface area contributed by atoms with Crippen LogP contribution < -0.4 is 5.32 Å². The first-order valence-electron chi connectivity index (χ1n) is 8.39. The third-order valence-corrected chi connectivity index (χ3v) is 4.22. The van der Waals surface area contributed by atoms with Crippen molar-refractivity contribution in [2.45, 2.75) is 13.8 Å². The van der Waals surface area contributed by atoms with Crippen molar-refractivity contribution in [3.63, 3.8) is 0 Å². The number of H-pyrrole nitrogens is 1. The second-order valence-corrected chi connectivity index (χ2v) is 6.25. The number of halogens is 1. The first-order valence-corrected chi connectivity index (χ1v) is 8.77. The number of esters is 1. The Balaban J connectivity index is 2.05. The highest BCUT2D eigenvalue weighted by Gasteiger charge is 2.24. The quantitative estimate of drug-likeness (QED) is 0.637. The number of rotatable bonds is 5. The lowest BCUT2D eigenvalue weighted by Gasteiger charge is -2.09. The van der Waals surface area contributed by atoms with E-state index in [1.807, 2.05) is 13.0 Å². The van der Waals surface area contributed by atoms with Gasteiger partial charge in [-0.15, -0.1) is 0 Å². The molecule has 0 saturated heterocycles. The maximum atomic E-state index is 12.7. The average molecular weight is 384 g/mol. The molecule has 0 bridgehead atoms. The Morgan fingerprint density at radius 1 is 1.19 bits per heavy atom. The fraction of sp³-hybridized carbons (Fsp3) is 0.150. The van der Waals surface area contributed by atoms with E-state index in [2.05, 4.69) is 15.5 Å². The fourth-order valence-electron chi connectivity index (χ4n) is 2.63. The summed E-state index contributed by atoms with van der Waals surface area (Å²) in [4.78, 5) is 25.0. The van der Waals surface area contributed by atoms with E-state index in [1.165, 1.54) is 0 Å². The lowest BCUT2D eigenvalue weighted by Crippen LogP contribution is -2.16. The molecule has 3 aromatic rings. The Bertz CT molecular complexity index is 998. The number of aryl methyl sites for hydroxylation is 1. The van der Waals surface area contributed by atoms with Crippen molar-refractivity contribution in [2.24, 2.45) is 0 Å². The predicted molar refractivity (Wildman–Crippen MR) is 104 cm³/mol. The van der Waals surface area contributed by atoms with Crippen LogP contribution in [-0.2, 0) is 4.74 Å². The van der Waals surface area contributed by atoms with E-state index < -0.39 is 5.97 Å². The Kier molecular flexibility index (Phi) is 5.57. The van der Waals surface area contributed by atoms with Crippen LogP contribution in [0.25, 0.3) is 11.3 Å². The van der Waals surface area contributed by atoms with Gasteiger partial charge < -0.3 is 10.1 Å². The van der Waals surface area contributed by atoms with Crippen molar-refractivity contribution in [3.8, 4) is 11.3 Å². The smallest absolute Gasteiger partial charge is 0.358 e. The molecule has 0 radical (unpaired) electrons. The fourth-order valence-corrected chi connectivity index (χ4v) is 2.86. The minimum atomic E-state index is -0.608. The standard InChI is InChI=1S/C20H18ClN3O3/c1-3-27-20(26)18-17(22-19(25)13-8-6-7-12(2)11-13)16(23-24-18)14-9-4-5-10-15(14)21/h4-11H,3H2,1-2H3,(H,22,25)(H,23,24). The number of amides is 1. The number of hydrogen-bond acceptors (Lipinski definition) is 4. The Morgan fingerprint density at radius 2 is 1.96 bits per heavy atom. The van der Waals surface area contributed by atoms with Crippen LogP contribution in [0.2, 0.25) is 5.02 Å². The van der Waals surface area contributed by atoms with Gasteiger partial charge >= 0.3 is 5.97 Å². The highest BCUT2D eigenvalue weighted by atomic mass is 35.5. The zero-order valence-electron chi connectivity index (χ0n) is 14.9. The van der Waals surface area contributed by atoms with Crippen molar-refractivity contribution < 1.29 is 14.3 Å². The van der Waals surface area contributed by atoms with Gasteiger partial charge in [-0.1, -0.05) is 47.5 Å². The molecule has 1 aromatic heterocycles. The molecule has 2 aromatic carbocycles. The van der Waals surface area contributed by atoms with Crippen molar-refractivity contribution in [2.75, 3.05) is 11.9 Å². The van der Waals surface area contributed by atoms with Crippen LogP contribution >= 0.6 is 11.6 Å². The van der Waals surface area contributed by atoms with E-state index in [-0.39, 0.29) is 23.9 Å². The monoisotopic (exact) mass is 383 g/mol. The van der Waals surface area contributed by atoms with E-state index in [1.54, 1.807) is 49.4 Å². The summed E-state index contributed by atoms with van der Waals surface area (Å²) in [6.07, 6.45) is 0. The molecule has 0 aliphatic heterocycles. The lowest BCUT2D eigenvalue weighted by atomic mass is 10.1. The minimum absolute atomic E-state index is 0.0628. The second-order valence-electron chi connectivity index (χ2n) is 5.85. The van der Waals surface area contributed by atoms with Crippen LogP contribution in [0.4, 0.5) is 5.69 Å². The predicted octanol–water partition coefficient (Wildman–Crippen LogP) is 4.47. The third kappa shape index (κ3) is 4.01. The topological polar surface area (TPSA) is 84.1 Å². The molecule has 0 spiro atoms. The van der Waals surface area contributed by atoms with E-state index in [0.29, 0.717) is 21.8 Å². The zero-order valence-corrected chi connectivity index (χ0v) is 15.6. The molecular weight excluding hydrogens is 366 g/mol. The molecule has 7 heteroatoms. The van der Waals surface area contributed by atoms with Gasteiger partial charge in [0, 0.05) is 11.1 Å². The molecule has 0 fully saturated rings. The van der Waals surface area contributed by atoms with Crippen molar-refractivity contribution in [1.29, 1.82) is 0 Å². The number of carbonyl (C=O) groups is 2. The number of hydrogen-bond donors (Lipinski definition) is 2. The molecule has 6 nitrogen and oxygen atoms in total. The average Bonchev–Trinajstić information content (AvgIpc) is 3.05. The van der Waals surface area contributed by atoms with Gasteiger partial charge in [-0.25, -0.2) is 4.79 Å². The molecule has 0 unspecified atom stereocenters. The van der Waals surface area contributed by atoms with Crippen LogP contribution in [0.5, 0.6) is 0 Å². The maximum Gasteiger partial charge on any atom is 0.358 e. The summed E-state index contributed by atoms with van der Waals surface area (Å²) in [7, 11) is 0. The number of anilines is 1. The van der Waals surface area contributed by atoms with Gasteiger partial charge in [-0.05, 0) is 32.0 Å². The Labute approximate surface area is 161 Å². The van der Waals surface area contributed by atoms with Gasteiger partial charge in [0.15, 0.2) is 5.69 Å². The van der Waals surface area contributed by atoms with Gasteiger partial charge in [0.05, 0.1) is 11.6 Å². The van der Waals surface area contributed by atoms with Crippen LogP contribution in [0.15, 0.2) is 48.5 Å². The first kappa shape index (κ1) is 18.7. The number of aromatic nitrogens is 2. The van der Waals surface area contributed by atoms with E-state index in [4.69, 9.17) is 16.3 Å². The first-order chi connectivity index (χ1) is 13.0. The summed E-state index contributed by atoms with van der Waals surface area (Å²) in [5.41, 5.74) is 2.67. The SMILES string of the molecule is CCOC(=O)c1[nH]nc(-c2ccccc2Cl)c1NC(=O)c1cccc(C)c1. The summed E-state index contributed by atoms with van der Waals surface area (Å²) in [6.45, 7) is 3.80. The zero-order chi connectivity index (χ0) is 19.4. The Morgan fingerprint density at radius 3 is 2.67 bits per heavy atom. The number of nitrogens with zero attached hydrogens (tertiary/aromatic N) is 1. The molecule has 3 rings (SSSR count). The van der Waals surface area contributed by atoms with Gasteiger partial charge in [0.1, 0.15) is 11.4 Å². The number of aromatic amines is 1. The third-order valence-electron chi connectivity index (χ3n) is 3.89. The van der Waals surface area contributed by atoms with Crippen molar-refractivity contribution >= 4 is 29.2 Å². The van der Waals surface area contributed by atoms with Crippen LogP contribution in [-0.4, -0.2) is 28.7 Å². The van der Waals surface area contributed by atoms with E-state index >= 15 is 0 Å². The molecule has 0 atom stereocenters. The van der Waals surface area contributed by atoms with Crippen LogP contribution in [0.3, 0.4) is 0 Å². The summed E-state index contributed by atoms with van der Waals surface area (Å²) in [5.74, 6) is -0.971. The number of carbonyl (C=O) groups excluding carboxylic acids is 2. The molecule has 138 valence electrons. The molecule has 1 heterocycles. The normalized spacial score (nSPS) is 10.5. The van der Waals surface area contributed by atoms with Crippen LogP contribution in [0.1, 0.15) is 33.3 Å².